The number of hydrogen-bond acceptors (Lipinski definition) is 7. The number of nitrogens with zero attached hydrogens (tertiary/aromatic N) is 1. The highest BCUT2D eigenvalue weighted by Gasteiger charge is 2.47. The zero-order chi connectivity index (χ0) is 26.3. The van der Waals surface area contributed by atoms with Crippen LogP contribution < -0.4 is 14.4 Å². The number of ketones is 1. The Hall–Kier alpha value is -4.59. The number of aliphatic hydroxyl groups excluding tert-OH is 1. The third-order valence-electron chi connectivity index (χ3n) is 6.17. The first-order chi connectivity index (χ1) is 17.7. The first-order valence-corrected chi connectivity index (χ1v) is 11.8. The van der Waals surface area contributed by atoms with Crippen LogP contribution in [-0.4, -0.2) is 35.7 Å². The molecule has 37 heavy (non-hydrogen) atoms. The van der Waals surface area contributed by atoms with E-state index in [1.54, 1.807) is 62.4 Å². The molecule has 0 aromatic heterocycles. The minimum atomic E-state index is -0.890. The van der Waals surface area contributed by atoms with Gasteiger partial charge in [-0.3, -0.25) is 14.5 Å². The van der Waals surface area contributed by atoms with Gasteiger partial charge in [0.1, 0.15) is 5.76 Å². The molecule has 2 aliphatic heterocycles. The van der Waals surface area contributed by atoms with Crippen LogP contribution in [0.1, 0.15) is 46.9 Å². The molecule has 0 aliphatic carbocycles. The van der Waals surface area contributed by atoms with E-state index in [-0.39, 0.29) is 24.2 Å². The number of carbonyl (C=O) groups is 3. The standard InChI is InChI=1S/C29H25NO7/c1-16(2)37-29(34)18-7-10-21(11-8-18)30-25(19-6-4-5-17(3)13-19)24(27(32)28(30)33)26(31)20-9-12-22-23(14-20)36-15-35-22/h4-14,16,25,31H,15H2,1-3H3/b26-24-. The second-order valence-electron chi connectivity index (χ2n) is 9.15. The molecule has 0 spiro atoms. The molecule has 1 N–H and O–H groups in total. The van der Waals surface area contributed by atoms with Crippen LogP contribution in [0.5, 0.6) is 11.5 Å². The average Bonchev–Trinajstić information content (AvgIpc) is 3.45. The molecule has 1 amide bonds. The summed E-state index contributed by atoms with van der Waals surface area (Å²) in [5, 5.41) is 11.3. The fourth-order valence-corrected chi connectivity index (χ4v) is 4.49. The molecular weight excluding hydrogens is 474 g/mol. The summed E-state index contributed by atoms with van der Waals surface area (Å²) in [5.41, 5.74) is 2.59. The number of aliphatic hydroxyl groups is 1. The number of Topliss-reactive ketones (excluding diaryl/α,β-unsaturated/α-hetero) is 1. The van der Waals surface area contributed by atoms with Gasteiger partial charge in [-0.1, -0.05) is 29.8 Å². The molecule has 3 aromatic rings. The maximum absolute atomic E-state index is 13.4. The summed E-state index contributed by atoms with van der Waals surface area (Å²) < 4.78 is 16.0. The van der Waals surface area contributed by atoms with Crippen molar-refractivity contribution in [2.24, 2.45) is 0 Å². The molecular formula is C29H25NO7. The third kappa shape index (κ3) is 4.42. The lowest BCUT2D eigenvalue weighted by Crippen LogP contribution is -2.29. The summed E-state index contributed by atoms with van der Waals surface area (Å²) in [4.78, 5) is 40.4. The van der Waals surface area contributed by atoms with Crippen molar-refractivity contribution in [3.05, 3.63) is 94.6 Å². The molecule has 8 nitrogen and oxygen atoms in total. The molecule has 0 bridgehead atoms. The lowest BCUT2D eigenvalue weighted by atomic mass is 9.94. The molecule has 2 heterocycles. The van der Waals surface area contributed by atoms with Crippen molar-refractivity contribution < 1.29 is 33.7 Å². The first-order valence-electron chi connectivity index (χ1n) is 11.8. The van der Waals surface area contributed by atoms with Crippen LogP contribution in [0.25, 0.3) is 5.76 Å². The second kappa shape index (κ2) is 9.46. The Labute approximate surface area is 213 Å². The number of ether oxygens (including phenoxy) is 3. The topological polar surface area (TPSA) is 102 Å². The van der Waals surface area contributed by atoms with Crippen molar-refractivity contribution >= 4 is 29.1 Å². The summed E-state index contributed by atoms with van der Waals surface area (Å²) in [7, 11) is 0. The van der Waals surface area contributed by atoms with Gasteiger partial charge in [0.25, 0.3) is 11.7 Å². The number of aryl methyl sites for hydroxylation is 1. The van der Waals surface area contributed by atoms with Gasteiger partial charge in [-0.05, 0) is 68.8 Å². The number of anilines is 1. The van der Waals surface area contributed by atoms with E-state index in [9.17, 15) is 19.5 Å². The van der Waals surface area contributed by atoms with Gasteiger partial charge in [0.15, 0.2) is 11.5 Å². The second-order valence-corrected chi connectivity index (χ2v) is 9.15. The molecule has 0 radical (unpaired) electrons. The number of hydrogen-bond donors (Lipinski definition) is 1. The Morgan fingerprint density at radius 1 is 0.973 bits per heavy atom. The van der Waals surface area contributed by atoms with Crippen LogP contribution >= 0.6 is 0 Å². The minimum Gasteiger partial charge on any atom is -0.507 e. The summed E-state index contributed by atoms with van der Waals surface area (Å²) >= 11 is 0. The van der Waals surface area contributed by atoms with Crippen molar-refractivity contribution in [1.29, 1.82) is 0 Å². The number of amides is 1. The first kappa shape index (κ1) is 24.1. The smallest absolute Gasteiger partial charge is 0.338 e. The van der Waals surface area contributed by atoms with E-state index >= 15 is 0 Å². The largest absolute Gasteiger partial charge is 0.507 e. The summed E-state index contributed by atoms with van der Waals surface area (Å²) in [6.45, 7) is 5.48. The molecule has 8 heteroatoms. The van der Waals surface area contributed by atoms with Crippen molar-refractivity contribution in [2.75, 3.05) is 11.7 Å². The Bertz CT molecular complexity index is 1440. The molecule has 1 fully saturated rings. The number of fused-ring (bicyclic) bond motifs is 1. The Morgan fingerprint density at radius 2 is 1.68 bits per heavy atom. The van der Waals surface area contributed by atoms with Gasteiger partial charge in [0.05, 0.1) is 23.3 Å². The predicted octanol–water partition coefficient (Wildman–Crippen LogP) is 4.92. The zero-order valence-corrected chi connectivity index (χ0v) is 20.6. The van der Waals surface area contributed by atoms with Crippen LogP contribution in [0.4, 0.5) is 5.69 Å². The van der Waals surface area contributed by atoms with Gasteiger partial charge in [-0.25, -0.2) is 4.79 Å². The Balaban J connectivity index is 1.62. The zero-order valence-electron chi connectivity index (χ0n) is 20.6. The van der Waals surface area contributed by atoms with Crippen LogP contribution in [0, 0.1) is 6.92 Å². The molecule has 1 atom stereocenters. The van der Waals surface area contributed by atoms with Gasteiger partial charge in [-0.2, -0.15) is 0 Å². The van der Waals surface area contributed by atoms with Crippen LogP contribution in [-0.2, 0) is 14.3 Å². The van der Waals surface area contributed by atoms with Crippen LogP contribution in [0.2, 0.25) is 0 Å². The SMILES string of the molecule is Cc1cccc(C2/C(=C(/O)c3ccc4c(c3)OCO4)C(=O)C(=O)N2c2ccc(C(=O)OC(C)C)cc2)c1. The summed E-state index contributed by atoms with van der Waals surface area (Å²) in [6, 6.07) is 17.6. The number of carbonyl (C=O) groups excluding carboxylic acids is 3. The van der Waals surface area contributed by atoms with Crippen LogP contribution in [0.15, 0.2) is 72.3 Å². The maximum atomic E-state index is 13.4. The van der Waals surface area contributed by atoms with E-state index in [4.69, 9.17) is 14.2 Å². The number of benzene rings is 3. The Kier molecular flexibility index (Phi) is 6.17. The number of esters is 1. The molecule has 1 unspecified atom stereocenters. The highest BCUT2D eigenvalue weighted by molar-refractivity contribution is 6.51. The molecule has 3 aromatic carbocycles. The molecule has 2 aliphatic rings. The van der Waals surface area contributed by atoms with Crippen LogP contribution in [0.3, 0.4) is 0 Å². The van der Waals surface area contributed by atoms with Gasteiger partial charge in [-0.15, -0.1) is 0 Å². The quantitative estimate of drug-likeness (QED) is 0.230. The normalized spacial score (nSPS) is 17.9. The molecule has 188 valence electrons. The Morgan fingerprint density at radius 3 is 2.38 bits per heavy atom. The molecule has 1 saturated heterocycles. The van der Waals surface area contributed by atoms with Gasteiger partial charge < -0.3 is 19.3 Å². The number of rotatable bonds is 5. The van der Waals surface area contributed by atoms with Crippen molar-refractivity contribution in [2.45, 2.75) is 32.9 Å². The maximum Gasteiger partial charge on any atom is 0.338 e. The van der Waals surface area contributed by atoms with Gasteiger partial charge in [0.2, 0.25) is 6.79 Å². The molecule has 5 rings (SSSR count). The van der Waals surface area contributed by atoms with Gasteiger partial charge in [0, 0.05) is 11.3 Å². The average molecular weight is 500 g/mol. The van der Waals surface area contributed by atoms with Crippen molar-refractivity contribution in [1.82, 2.24) is 0 Å². The highest BCUT2D eigenvalue weighted by atomic mass is 16.7. The van der Waals surface area contributed by atoms with Gasteiger partial charge >= 0.3 is 5.97 Å². The fourth-order valence-electron chi connectivity index (χ4n) is 4.49. The van der Waals surface area contributed by atoms with E-state index < -0.39 is 23.7 Å². The minimum absolute atomic E-state index is 0.0437. The summed E-state index contributed by atoms with van der Waals surface area (Å²) in [6.07, 6.45) is -0.275. The van der Waals surface area contributed by atoms with E-state index in [0.29, 0.717) is 33.9 Å². The van der Waals surface area contributed by atoms with Crippen molar-refractivity contribution in [3.63, 3.8) is 0 Å². The predicted molar refractivity (Wildman–Crippen MR) is 136 cm³/mol. The lowest BCUT2D eigenvalue weighted by Gasteiger charge is -2.26. The molecule has 0 saturated carbocycles. The van der Waals surface area contributed by atoms with E-state index in [1.165, 1.54) is 4.90 Å². The van der Waals surface area contributed by atoms with Crippen molar-refractivity contribution in [3.8, 4) is 11.5 Å². The van der Waals surface area contributed by atoms with E-state index in [1.807, 2.05) is 25.1 Å². The monoisotopic (exact) mass is 499 g/mol. The third-order valence-corrected chi connectivity index (χ3v) is 6.17. The van der Waals surface area contributed by atoms with E-state index in [0.717, 1.165) is 5.56 Å². The fraction of sp³-hybridized carbons (Fsp3) is 0.207. The lowest BCUT2D eigenvalue weighted by molar-refractivity contribution is -0.132. The highest BCUT2D eigenvalue weighted by Crippen LogP contribution is 2.43. The van der Waals surface area contributed by atoms with E-state index in [2.05, 4.69) is 0 Å². The summed E-state index contributed by atoms with van der Waals surface area (Å²) in [5.74, 6) is -1.43.